The monoisotopic (exact) mass is 249 g/mol. The first-order valence-corrected chi connectivity index (χ1v) is 7.21. The molecule has 1 aliphatic carbocycles. The summed E-state index contributed by atoms with van der Waals surface area (Å²) in [7, 11) is 0. The van der Waals surface area contributed by atoms with Crippen LogP contribution in [0.4, 0.5) is 4.39 Å². The van der Waals surface area contributed by atoms with Gasteiger partial charge in [0.1, 0.15) is 5.82 Å². The number of benzene rings is 1. The fourth-order valence-corrected chi connectivity index (χ4v) is 3.20. The van der Waals surface area contributed by atoms with E-state index in [1.165, 1.54) is 50.7 Å². The summed E-state index contributed by atoms with van der Waals surface area (Å²) in [4.78, 5) is 0. The lowest BCUT2D eigenvalue weighted by atomic mass is 9.76. The van der Waals surface area contributed by atoms with Crippen LogP contribution in [-0.4, -0.2) is 0 Å². The molecule has 1 unspecified atom stereocenters. The van der Waals surface area contributed by atoms with Crippen LogP contribution in [0.5, 0.6) is 0 Å². The molecule has 1 aromatic carbocycles. The summed E-state index contributed by atoms with van der Waals surface area (Å²) in [5.74, 6) is 1.30. The topological polar surface area (TPSA) is 26.0 Å². The molecule has 0 heterocycles. The third-order valence-electron chi connectivity index (χ3n) is 4.35. The maximum absolute atomic E-state index is 12.9. The van der Waals surface area contributed by atoms with Gasteiger partial charge >= 0.3 is 0 Å². The van der Waals surface area contributed by atoms with E-state index in [9.17, 15) is 4.39 Å². The van der Waals surface area contributed by atoms with E-state index < -0.39 is 0 Å². The van der Waals surface area contributed by atoms with Gasteiger partial charge in [0.25, 0.3) is 0 Å². The van der Waals surface area contributed by atoms with Crippen molar-refractivity contribution >= 4 is 0 Å². The van der Waals surface area contributed by atoms with E-state index >= 15 is 0 Å². The van der Waals surface area contributed by atoms with E-state index in [1.54, 1.807) is 0 Å². The Balaban J connectivity index is 1.91. The molecule has 1 atom stereocenters. The molecular formula is C16H24FN. The predicted molar refractivity (Wildman–Crippen MR) is 73.7 cm³/mol. The number of hydrogen-bond donors (Lipinski definition) is 1. The molecule has 0 saturated heterocycles. The van der Waals surface area contributed by atoms with Gasteiger partial charge < -0.3 is 5.73 Å². The van der Waals surface area contributed by atoms with Crippen molar-refractivity contribution in [1.82, 2.24) is 0 Å². The second-order valence-electron chi connectivity index (χ2n) is 5.65. The molecule has 1 fully saturated rings. The lowest BCUT2D eigenvalue weighted by molar-refractivity contribution is 0.234. The average molecular weight is 249 g/mol. The Morgan fingerprint density at radius 3 is 2.33 bits per heavy atom. The third-order valence-corrected chi connectivity index (χ3v) is 4.35. The zero-order chi connectivity index (χ0) is 13.0. The van der Waals surface area contributed by atoms with Gasteiger partial charge in [-0.1, -0.05) is 44.7 Å². The Labute approximate surface area is 110 Å². The Hall–Kier alpha value is -0.890. The molecule has 1 aliphatic rings. The minimum atomic E-state index is -0.183. The van der Waals surface area contributed by atoms with Crippen molar-refractivity contribution in [3.8, 4) is 0 Å². The van der Waals surface area contributed by atoms with Gasteiger partial charge in [-0.25, -0.2) is 4.39 Å². The van der Waals surface area contributed by atoms with Crippen LogP contribution in [0.1, 0.15) is 57.1 Å². The Morgan fingerprint density at radius 2 is 1.78 bits per heavy atom. The number of hydrogen-bond acceptors (Lipinski definition) is 1. The van der Waals surface area contributed by atoms with Crippen molar-refractivity contribution in [2.75, 3.05) is 0 Å². The highest BCUT2D eigenvalue weighted by Gasteiger charge is 2.25. The fraction of sp³-hybridized carbons (Fsp3) is 0.625. The Bertz CT molecular complexity index is 352. The van der Waals surface area contributed by atoms with E-state index in [1.807, 2.05) is 12.1 Å². The van der Waals surface area contributed by atoms with Gasteiger partial charge in [-0.2, -0.15) is 0 Å². The van der Waals surface area contributed by atoms with Crippen molar-refractivity contribution in [3.05, 3.63) is 35.6 Å². The molecule has 0 aromatic heterocycles. The largest absolute Gasteiger partial charge is 0.324 e. The maximum atomic E-state index is 12.9. The first-order valence-electron chi connectivity index (χ1n) is 7.21. The molecule has 0 aliphatic heterocycles. The zero-order valence-corrected chi connectivity index (χ0v) is 11.2. The summed E-state index contributed by atoms with van der Waals surface area (Å²) in [6, 6.07) is 6.76. The van der Waals surface area contributed by atoms with E-state index in [0.717, 1.165) is 11.5 Å². The molecule has 2 rings (SSSR count). The summed E-state index contributed by atoms with van der Waals surface area (Å²) < 4.78 is 12.9. The Morgan fingerprint density at radius 1 is 1.17 bits per heavy atom. The molecular weight excluding hydrogens is 225 g/mol. The van der Waals surface area contributed by atoms with Crippen LogP contribution in [0.25, 0.3) is 0 Å². The van der Waals surface area contributed by atoms with E-state index in [4.69, 9.17) is 5.73 Å². The van der Waals surface area contributed by atoms with Crippen LogP contribution < -0.4 is 5.73 Å². The molecule has 1 saturated carbocycles. The number of rotatable bonds is 4. The van der Waals surface area contributed by atoms with Crippen LogP contribution in [0.2, 0.25) is 0 Å². The summed E-state index contributed by atoms with van der Waals surface area (Å²) in [5.41, 5.74) is 7.40. The first kappa shape index (κ1) is 13.5. The molecule has 1 aromatic rings. The van der Waals surface area contributed by atoms with Gasteiger partial charge in [0.2, 0.25) is 0 Å². The Kier molecular flexibility index (Phi) is 4.76. The van der Waals surface area contributed by atoms with E-state index in [2.05, 4.69) is 6.92 Å². The smallest absolute Gasteiger partial charge is 0.123 e. The highest BCUT2D eigenvalue weighted by atomic mass is 19.1. The van der Waals surface area contributed by atoms with Crippen molar-refractivity contribution < 1.29 is 4.39 Å². The standard InChI is InChI=1S/C16H24FN/c1-2-3-12-4-6-13(7-5-12)16(18)14-8-10-15(17)11-9-14/h8-13,16H,2-7,18H2,1H3. The third kappa shape index (κ3) is 3.32. The van der Waals surface area contributed by atoms with Crippen LogP contribution >= 0.6 is 0 Å². The van der Waals surface area contributed by atoms with Gasteiger partial charge in [-0.3, -0.25) is 0 Å². The summed E-state index contributed by atoms with van der Waals surface area (Å²) in [5, 5.41) is 0. The van der Waals surface area contributed by atoms with Crippen molar-refractivity contribution in [2.45, 2.75) is 51.5 Å². The zero-order valence-electron chi connectivity index (χ0n) is 11.2. The molecule has 0 amide bonds. The van der Waals surface area contributed by atoms with E-state index in [0.29, 0.717) is 5.92 Å². The van der Waals surface area contributed by atoms with Crippen LogP contribution in [-0.2, 0) is 0 Å². The van der Waals surface area contributed by atoms with Crippen molar-refractivity contribution in [3.63, 3.8) is 0 Å². The molecule has 0 bridgehead atoms. The second-order valence-corrected chi connectivity index (χ2v) is 5.65. The summed E-state index contributed by atoms with van der Waals surface area (Å²) >= 11 is 0. The molecule has 18 heavy (non-hydrogen) atoms. The second kappa shape index (κ2) is 6.33. The SMILES string of the molecule is CCCC1CCC(C(N)c2ccc(F)cc2)CC1. The number of nitrogens with two attached hydrogens (primary N) is 1. The van der Waals surface area contributed by atoms with Gasteiger partial charge in [-0.05, 0) is 42.4 Å². The molecule has 2 heteroatoms. The molecule has 0 spiro atoms. The quantitative estimate of drug-likeness (QED) is 0.839. The minimum absolute atomic E-state index is 0.0770. The van der Waals surface area contributed by atoms with E-state index in [-0.39, 0.29) is 11.9 Å². The predicted octanol–water partition coefficient (Wildman–Crippen LogP) is 4.43. The molecule has 1 nitrogen and oxygen atoms in total. The van der Waals surface area contributed by atoms with Crippen LogP contribution in [0.15, 0.2) is 24.3 Å². The maximum Gasteiger partial charge on any atom is 0.123 e. The minimum Gasteiger partial charge on any atom is -0.324 e. The summed E-state index contributed by atoms with van der Waals surface area (Å²) in [6.45, 7) is 2.26. The molecule has 100 valence electrons. The van der Waals surface area contributed by atoms with Crippen molar-refractivity contribution in [1.29, 1.82) is 0 Å². The normalized spacial score (nSPS) is 25.9. The fourth-order valence-electron chi connectivity index (χ4n) is 3.20. The summed E-state index contributed by atoms with van der Waals surface area (Å²) in [6.07, 6.45) is 7.73. The number of halogens is 1. The first-order chi connectivity index (χ1) is 8.70. The van der Waals surface area contributed by atoms with Crippen LogP contribution in [0.3, 0.4) is 0 Å². The lowest BCUT2D eigenvalue weighted by Gasteiger charge is -2.32. The molecule has 2 N–H and O–H groups in total. The van der Waals surface area contributed by atoms with Gasteiger partial charge in [0.05, 0.1) is 0 Å². The van der Waals surface area contributed by atoms with Gasteiger partial charge in [0.15, 0.2) is 0 Å². The molecule has 0 radical (unpaired) electrons. The van der Waals surface area contributed by atoms with Gasteiger partial charge in [-0.15, -0.1) is 0 Å². The lowest BCUT2D eigenvalue weighted by Crippen LogP contribution is -2.26. The van der Waals surface area contributed by atoms with Gasteiger partial charge in [0, 0.05) is 6.04 Å². The highest BCUT2D eigenvalue weighted by Crippen LogP contribution is 2.37. The highest BCUT2D eigenvalue weighted by molar-refractivity contribution is 5.20. The van der Waals surface area contributed by atoms with Crippen molar-refractivity contribution in [2.24, 2.45) is 17.6 Å². The average Bonchev–Trinajstić information content (AvgIpc) is 2.40. The van der Waals surface area contributed by atoms with Crippen LogP contribution in [0, 0.1) is 17.7 Å².